The van der Waals surface area contributed by atoms with Gasteiger partial charge in [-0.3, -0.25) is 10.2 Å². The third-order valence-corrected chi connectivity index (χ3v) is 4.88. The quantitative estimate of drug-likeness (QED) is 0.627. The Morgan fingerprint density at radius 1 is 1.06 bits per heavy atom. The molecule has 3 rings (SSSR count). The molecule has 1 unspecified atom stereocenters. The van der Waals surface area contributed by atoms with Crippen molar-refractivity contribution in [3.8, 4) is 5.75 Å². The van der Waals surface area contributed by atoms with Crippen molar-refractivity contribution < 1.29 is 32.2 Å². The van der Waals surface area contributed by atoms with Crippen LogP contribution in [0.5, 0.6) is 5.75 Å². The van der Waals surface area contributed by atoms with Crippen LogP contribution in [0.15, 0.2) is 60.3 Å². The number of rotatable bonds is 7. The molecule has 0 fully saturated rings. The van der Waals surface area contributed by atoms with Crippen molar-refractivity contribution in [1.29, 1.82) is 0 Å². The van der Waals surface area contributed by atoms with Gasteiger partial charge < -0.3 is 9.84 Å². The predicted molar refractivity (Wildman–Crippen MR) is 106 cm³/mol. The zero-order valence-electron chi connectivity index (χ0n) is 16.9. The monoisotopic (exact) mass is 438 g/mol. The largest absolute Gasteiger partial charge is 0.489 e. The molecule has 0 aliphatic carbocycles. The van der Waals surface area contributed by atoms with Gasteiger partial charge in [-0.1, -0.05) is 38.1 Å². The van der Waals surface area contributed by atoms with E-state index in [1.165, 1.54) is 17.7 Å². The number of carbonyl (C=O) groups is 1. The van der Waals surface area contributed by atoms with Gasteiger partial charge in [0.1, 0.15) is 12.4 Å². The molecule has 0 aromatic heterocycles. The number of halogens is 4. The van der Waals surface area contributed by atoms with Crippen LogP contribution in [-0.2, 0) is 6.61 Å². The molecule has 9 heteroatoms. The van der Waals surface area contributed by atoms with E-state index in [0.29, 0.717) is 17.2 Å². The number of amides is 1. The van der Waals surface area contributed by atoms with Crippen molar-refractivity contribution in [3.05, 3.63) is 77.0 Å². The standard InChI is InChI=1S/C22H22F4N2O3/c1-13(2)15-7-9-17(10-8-15)31-12-14-3-5-16(6-4-14)20(29)28-22(30,21(25)26)11-18(27-28)19(23)24/h3-11,13,19,21,27,30H,12H2,1-2H3. The van der Waals surface area contributed by atoms with Crippen LogP contribution in [0.3, 0.4) is 0 Å². The average molecular weight is 438 g/mol. The lowest BCUT2D eigenvalue weighted by atomic mass is 10.0. The maximum Gasteiger partial charge on any atom is 0.291 e. The molecule has 2 N–H and O–H groups in total. The number of carbonyl (C=O) groups excluding carboxylic acids is 1. The number of nitrogens with zero attached hydrogens (tertiary/aromatic N) is 1. The lowest BCUT2D eigenvalue weighted by Gasteiger charge is -2.31. The Labute approximate surface area is 176 Å². The van der Waals surface area contributed by atoms with Gasteiger partial charge in [-0.05, 0) is 41.3 Å². The summed E-state index contributed by atoms with van der Waals surface area (Å²) in [7, 11) is 0. The normalized spacial score (nSPS) is 18.5. The van der Waals surface area contributed by atoms with Gasteiger partial charge in [0.2, 0.25) is 5.72 Å². The third kappa shape index (κ3) is 4.82. The van der Waals surface area contributed by atoms with Gasteiger partial charge >= 0.3 is 0 Å². The van der Waals surface area contributed by atoms with E-state index in [9.17, 15) is 27.5 Å². The second-order valence-electron chi connectivity index (χ2n) is 7.45. The molecule has 2 aromatic rings. The van der Waals surface area contributed by atoms with Crippen LogP contribution >= 0.6 is 0 Å². The molecule has 166 valence electrons. The first-order chi connectivity index (χ1) is 14.6. The van der Waals surface area contributed by atoms with Gasteiger partial charge in [0.15, 0.2) is 0 Å². The average Bonchev–Trinajstić information content (AvgIpc) is 3.12. The summed E-state index contributed by atoms with van der Waals surface area (Å²) in [6, 6.07) is 13.4. The molecule has 0 bridgehead atoms. The van der Waals surface area contributed by atoms with Crippen molar-refractivity contribution in [1.82, 2.24) is 10.4 Å². The van der Waals surface area contributed by atoms with Gasteiger partial charge in [0.05, 0.1) is 5.70 Å². The van der Waals surface area contributed by atoms with Gasteiger partial charge in [-0.15, -0.1) is 0 Å². The number of alkyl halides is 4. The number of hydrogen-bond donors (Lipinski definition) is 2. The third-order valence-electron chi connectivity index (χ3n) is 4.88. The smallest absolute Gasteiger partial charge is 0.291 e. The van der Waals surface area contributed by atoms with Crippen LogP contribution in [0.2, 0.25) is 0 Å². The number of nitrogens with one attached hydrogen (secondary N) is 1. The molecule has 2 aromatic carbocycles. The minimum Gasteiger partial charge on any atom is -0.489 e. The maximum absolute atomic E-state index is 13.3. The Hall–Kier alpha value is -3.07. The fourth-order valence-corrected chi connectivity index (χ4v) is 3.02. The number of ether oxygens (including phenoxy) is 1. The highest BCUT2D eigenvalue weighted by molar-refractivity contribution is 5.95. The Kier molecular flexibility index (Phi) is 6.54. The first kappa shape index (κ1) is 22.6. The van der Waals surface area contributed by atoms with Crippen LogP contribution in [0, 0.1) is 0 Å². The molecular weight excluding hydrogens is 416 g/mol. The summed E-state index contributed by atoms with van der Waals surface area (Å²) in [6.45, 7) is 4.38. The van der Waals surface area contributed by atoms with E-state index in [0.717, 1.165) is 0 Å². The number of allylic oxidation sites excluding steroid dienone is 1. The summed E-state index contributed by atoms with van der Waals surface area (Å²) in [5.74, 6) is -0.0104. The summed E-state index contributed by atoms with van der Waals surface area (Å²) in [5, 5.41) is 10.2. The molecular formula is C22H22F4N2O3. The topological polar surface area (TPSA) is 61.8 Å². The highest BCUT2D eigenvalue weighted by atomic mass is 19.3. The number of benzene rings is 2. The van der Waals surface area contributed by atoms with Gasteiger partial charge in [-0.25, -0.2) is 22.6 Å². The molecule has 1 amide bonds. The first-order valence-electron chi connectivity index (χ1n) is 9.56. The van der Waals surface area contributed by atoms with Crippen molar-refractivity contribution in [2.45, 2.75) is 44.9 Å². The van der Waals surface area contributed by atoms with Crippen molar-refractivity contribution >= 4 is 5.91 Å². The summed E-state index contributed by atoms with van der Waals surface area (Å²) in [4.78, 5) is 12.6. The molecule has 1 heterocycles. The van der Waals surface area contributed by atoms with Gasteiger partial charge in [0.25, 0.3) is 18.8 Å². The summed E-state index contributed by atoms with van der Waals surface area (Å²) >= 11 is 0. The zero-order chi connectivity index (χ0) is 22.8. The van der Waals surface area contributed by atoms with Crippen molar-refractivity contribution in [2.75, 3.05) is 0 Å². The Bertz CT molecular complexity index is 946. The Balaban J connectivity index is 1.67. The predicted octanol–water partition coefficient (Wildman–Crippen LogP) is 4.45. The number of aliphatic hydroxyl groups is 1. The minimum absolute atomic E-state index is 0.0690. The summed E-state index contributed by atoms with van der Waals surface area (Å²) in [5.41, 5.74) is -0.454. The van der Waals surface area contributed by atoms with Crippen LogP contribution in [0.25, 0.3) is 0 Å². The van der Waals surface area contributed by atoms with Crippen LogP contribution in [0.4, 0.5) is 17.6 Å². The highest BCUT2D eigenvalue weighted by Crippen LogP contribution is 2.31. The van der Waals surface area contributed by atoms with E-state index in [2.05, 4.69) is 13.8 Å². The van der Waals surface area contributed by atoms with E-state index >= 15 is 0 Å². The van der Waals surface area contributed by atoms with Crippen LogP contribution in [0.1, 0.15) is 41.3 Å². The fourth-order valence-electron chi connectivity index (χ4n) is 3.02. The second kappa shape index (κ2) is 8.97. The van der Waals surface area contributed by atoms with Crippen molar-refractivity contribution in [2.24, 2.45) is 0 Å². The van der Waals surface area contributed by atoms with E-state index in [1.54, 1.807) is 12.1 Å². The molecule has 1 aliphatic rings. The van der Waals surface area contributed by atoms with Crippen LogP contribution in [-0.4, -0.2) is 34.6 Å². The SMILES string of the molecule is CC(C)c1ccc(OCc2ccc(C(=O)N3NC(C(F)F)=CC3(O)C(F)F)cc2)cc1. The van der Waals surface area contributed by atoms with Crippen molar-refractivity contribution in [3.63, 3.8) is 0 Å². The van der Waals surface area contributed by atoms with Gasteiger partial charge in [-0.2, -0.15) is 0 Å². The zero-order valence-corrected chi connectivity index (χ0v) is 16.9. The summed E-state index contributed by atoms with van der Waals surface area (Å²) in [6.07, 6.45) is -6.39. The minimum atomic E-state index is -3.49. The first-order valence-corrected chi connectivity index (χ1v) is 9.56. The van der Waals surface area contributed by atoms with Gasteiger partial charge in [0, 0.05) is 11.6 Å². The Morgan fingerprint density at radius 3 is 2.19 bits per heavy atom. The van der Waals surface area contributed by atoms with Crippen LogP contribution < -0.4 is 10.2 Å². The molecule has 0 saturated heterocycles. The van der Waals surface area contributed by atoms with E-state index in [-0.39, 0.29) is 23.3 Å². The molecule has 31 heavy (non-hydrogen) atoms. The fraction of sp³-hybridized carbons (Fsp3) is 0.318. The molecule has 5 nitrogen and oxygen atoms in total. The molecule has 1 atom stereocenters. The van der Waals surface area contributed by atoms with E-state index in [4.69, 9.17) is 4.74 Å². The van der Waals surface area contributed by atoms with E-state index in [1.807, 2.05) is 29.7 Å². The number of hydrazine groups is 1. The lowest BCUT2D eigenvalue weighted by molar-refractivity contribution is -0.146. The lowest BCUT2D eigenvalue weighted by Crippen LogP contribution is -2.56. The molecule has 0 saturated carbocycles. The second-order valence-corrected chi connectivity index (χ2v) is 7.45. The maximum atomic E-state index is 13.3. The Morgan fingerprint density at radius 2 is 1.68 bits per heavy atom. The highest BCUT2D eigenvalue weighted by Gasteiger charge is 2.51. The number of hydrogen-bond acceptors (Lipinski definition) is 4. The molecule has 0 radical (unpaired) electrons. The van der Waals surface area contributed by atoms with E-state index < -0.39 is 30.2 Å². The summed E-state index contributed by atoms with van der Waals surface area (Å²) < 4.78 is 58.0. The molecule has 0 spiro atoms. The molecule has 1 aliphatic heterocycles.